The molecule has 4 rings (SSSR count). The van der Waals surface area contributed by atoms with Crippen molar-refractivity contribution in [3.63, 3.8) is 0 Å². The minimum absolute atomic E-state index is 0.144. The first-order valence-electron chi connectivity index (χ1n) is 9.50. The minimum Gasteiger partial charge on any atom is -0.508 e. The van der Waals surface area contributed by atoms with Gasteiger partial charge >= 0.3 is 0 Å². The summed E-state index contributed by atoms with van der Waals surface area (Å²) in [7, 11) is 0. The van der Waals surface area contributed by atoms with Crippen molar-refractivity contribution in [3.8, 4) is 5.75 Å². The van der Waals surface area contributed by atoms with Crippen LogP contribution in [0.3, 0.4) is 0 Å². The Morgan fingerprint density at radius 2 is 1.74 bits per heavy atom. The molecule has 2 amide bonds. The number of fused-ring (bicyclic) bond motifs is 1. The van der Waals surface area contributed by atoms with Crippen LogP contribution < -0.4 is 16.4 Å². The number of ketones is 1. The van der Waals surface area contributed by atoms with E-state index in [1.807, 2.05) is 0 Å². The molecule has 1 aliphatic heterocycles. The minimum atomic E-state index is -0.614. The maximum absolute atomic E-state index is 12.9. The lowest BCUT2D eigenvalue weighted by molar-refractivity contribution is -0.110. The molecule has 0 saturated carbocycles. The third kappa shape index (κ3) is 3.89. The molecule has 0 bridgehead atoms. The fourth-order valence-corrected chi connectivity index (χ4v) is 3.31. The van der Waals surface area contributed by atoms with Crippen molar-refractivity contribution < 1.29 is 19.5 Å². The van der Waals surface area contributed by atoms with Gasteiger partial charge in [0.2, 0.25) is 5.91 Å². The van der Waals surface area contributed by atoms with Gasteiger partial charge in [0.15, 0.2) is 5.78 Å². The average molecular weight is 413 g/mol. The van der Waals surface area contributed by atoms with E-state index in [2.05, 4.69) is 10.6 Å². The number of anilines is 2. The number of carbonyl (C=O) groups excluding carboxylic acids is 3. The number of hydrogen-bond acceptors (Lipinski definition) is 5. The van der Waals surface area contributed by atoms with E-state index in [-0.39, 0.29) is 23.0 Å². The smallest absolute Gasteiger partial charge is 0.257 e. The number of benzene rings is 3. The monoisotopic (exact) mass is 413 g/mol. The van der Waals surface area contributed by atoms with Crippen LogP contribution >= 0.6 is 0 Å². The van der Waals surface area contributed by atoms with Crippen LogP contribution in [-0.4, -0.2) is 22.7 Å². The molecule has 0 atom stereocenters. The highest BCUT2D eigenvalue weighted by Gasteiger charge is 2.25. The number of phenols is 1. The summed E-state index contributed by atoms with van der Waals surface area (Å²) in [4.78, 5) is 36.8. The summed E-state index contributed by atoms with van der Waals surface area (Å²) in [5.74, 6) is -1.07. The van der Waals surface area contributed by atoms with Gasteiger partial charge in [-0.15, -0.1) is 0 Å². The van der Waals surface area contributed by atoms with E-state index >= 15 is 0 Å². The van der Waals surface area contributed by atoms with Gasteiger partial charge in [0.25, 0.3) is 5.91 Å². The van der Waals surface area contributed by atoms with Gasteiger partial charge in [-0.05, 0) is 48.9 Å². The number of nitrogens with one attached hydrogen (secondary N) is 2. The van der Waals surface area contributed by atoms with Crippen LogP contribution in [0.25, 0.3) is 5.57 Å². The van der Waals surface area contributed by atoms with Gasteiger partial charge in [0, 0.05) is 45.9 Å². The Morgan fingerprint density at radius 1 is 1.00 bits per heavy atom. The molecule has 0 saturated heterocycles. The number of rotatable bonds is 5. The molecule has 3 aromatic rings. The molecule has 3 aromatic carbocycles. The molecule has 5 N–H and O–H groups in total. The van der Waals surface area contributed by atoms with Gasteiger partial charge < -0.3 is 21.5 Å². The maximum atomic E-state index is 12.9. The summed E-state index contributed by atoms with van der Waals surface area (Å²) < 4.78 is 0. The normalized spacial score (nSPS) is 13.6. The zero-order chi connectivity index (χ0) is 22.1. The molecule has 0 aromatic heterocycles. The Kier molecular flexibility index (Phi) is 5.00. The van der Waals surface area contributed by atoms with E-state index in [1.54, 1.807) is 61.5 Å². The Bertz CT molecular complexity index is 1280. The molecule has 7 heteroatoms. The number of hydrogen-bond donors (Lipinski definition) is 4. The van der Waals surface area contributed by atoms with Crippen molar-refractivity contribution >= 4 is 34.5 Å². The molecule has 1 aliphatic rings. The van der Waals surface area contributed by atoms with Crippen molar-refractivity contribution in [3.05, 3.63) is 94.7 Å². The van der Waals surface area contributed by atoms with Crippen molar-refractivity contribution in [1.82, 2.24) is 0 Å². The van der Waals surface area contributed by atoms with Crippen LogP contribution in [0.4, 0.5) is 11.4 Å². The topological polar surface area (TPSA) is 122 Å². The van der Waals surface area contributed by atoms with E-state index in [0.717, 1.165) is 5.56 Å². The van der Waals surface area contributed by atoms with Gasteiger partial charge in [-0.3, -0.25) is 14.4 Å². The van der Waals surface area contributed by atoms with E-state index in [1.165, 1.54) is 12.3 Å². The van der Waals surface area contributed by atoms with Gasteiger partial charge in [-0.1, -0.05) is 18.2 Å². The lowest BCUT2D eigenvalue weighted by Gasteiger charge is -2.07. The maximum Gasteiger partial charge on any atom is 0.257 e. The van der Waals surface area contributed by atoms with Crippen molar-refractivity contribution in [1.29, 1.82) is 0 Å². The van der Waals surface area contributed by atoms with E-state index in [4.69, 9.17) is 5.73 Å². The Morgan fingerprint density at radius 3 is 2.48 bits per heavy atom. The highest BCUT2D eigenvalue weighted by Crippen LogP contribution is 2.33. The molecular formula is C24H19N3O4. The fraction of sp³-hybridized carbons (Fsp3) is 0.0417. The summed E-state index contributed by atoms with van der Waals surface area (Å²) in [6.07, 6.45) is 1.53. The summed E-state index contributed by atoms with van der Waals surface area (Å²) in [6.45, 7) is 1.79. The zero-order valence-corrected chi connectivity index (χ0v) is 16.6. The van der Waals surface area contributed by atoms with Gasteiger partial charge in [0.05, 0.1) is 5.57 Å². The zero-order valence-electron chi connectivity index (χ0n) is 16.6. The molecule has 0 spiro atoms. The van der Waals surface area contributed by atoms with E-state index < -0.39 is 5.91 Å². The molecule has 0 radical (unpaired) electrons. The first-order chi connectivity index (χ1) is 14.8. The molecule has 7 nitrogen and oxygen atoms in total. The molecule has 154 valence electrons. The number of phenolic OH excluding ortho intramolecular Hbond substituents is 1. The molecular weight excluding hydrogens is 394 g/mol. The fourth-order valence-electron chi connectivity index (χ4n) is 3.31. The lowest BCUT2D eigenvalue weighted by atomic mass is 9.97. The number of nitrogens with two attached hydrogens (primary N) is 1. The largest absolute Gasteiger partial charge is 0.508 e. The summed E-state index contributed by atoms with van der Waals surface area (Å²) in [5, 5.41) is 15.6. The van der Waals surface area contributed by atoms with Crippen LogP contribution in [0.2, 0.25) is 0 Å². The van der Waals surface area contributed by atoms with Gasteiger partial charge in [0.1, 0.15) is 5.75 Å². The third-order valence-corrected chi connectivity index (χ3v) is 5.07. The number of amides is 2. The third-order valence-electron chi connectivity index (χ3n) is 5.07. The van der Waals surface area contributed by atoms with Crippen LogP contribution in [0.15, 0.2) is 66.9 Å². The van der Waals surface area contributed by atoms with Crippen LogP contribution in [-0.2, 0) is 4.79 Å². The number of primary amides is 1. The van der Waals surface area contributed by atoms with Crippen molar-refractivity contribution in [2.24, 2.45) is 5.73 Å². The van der Waals surface area contributed by atoms with Crippen molar-refractivity contribution in [2.45, 2.75) is 6.92 Å². The van der Waals surface area contributed by atoms with Gasteiger partial charge in [-0.2, -0.15) is 0 Å². The van der Waals surface area contributed by atoms with Gasteiger partial charge in [-0.25, -0.2) is 0 Å². The van der Waals surface area contributed by atoms with Crippen LogP contribution in [0.5, 0.6) is 5.75 Å². The number of aryl methyl sites for hydroxylation is 1. The van der Waals surface area contributed by atoms with Crippen molar-refractivity contribution in [2.75, 3.05) is 10.6 Å². The molecule has 0 fully saturated rings. The first-order valence-corrected chi connectivity index (χ1v) is 9.50. The second-order valence-electron chi connectivity index (χ2n) is 7.19. The predicted octanol–water partition coefficient (Wildman–Crippen LogP) is 3.44. The molecule has 0 unspecified atom stereocenters. The molecule has 1 heterocycles. The SMILES string of the molecule is Cc1ccc(N/C=C2\C(=O)Nc3ccc(C(=O)c4cccc(C(N)=O)c4)cc32)cc1O. The molecule has 0 aliphatic carbocycles. The first kappa shape index (κ1) is 19.9. The number of aromatic hydroxyl groups is 1. The summed E-state index contributed by atoms with van der Waals surface area (Å²) in [5.41, 5.74) is 9.13. The number of carbonyl (C=O) groups is 3. The van der Waals surface area contributed by atoms with Crippen LogP contribution in [0, 0.1) is 6.92 Å². The van der Waals surface area contributed by atoms with E-state index in [9.17, 15) is 19.5 Å². The Labute approximate surface area is 178 Å². The Hall–Kier alpha value is -4.39. The lowest BCUT2D eigenvalue weighted by Crippen LogP contribution is -2.12. The Balaban J connectivity index is 1.66. The molecule has 31 heavy (non-hydrogen) atoms. The highest BCUT2D eigenvalue weighted by molar-refractivity contribution is 6.32. The quantitative estimate of drug-likeness (QED) is 0.377. The summed E-state index contributed by atoms with van der Waals surface area (Å²) >= 11 is 0. The average Bonchev–Trinajstić information content (AvgIpc) is 3.08. The van der Waals surface area contributed by atoms with E-state index in [0.29, 0.717) is 33.6 Å². The van der Waals surface area contributed by atoms with Crippen LogP contribution in [0.1, 0.15) is 37.4 Å². The standard InChI is InChI=1S/C24H19N3O4/c1-13-5-7-17(11-21(13)28)26-12-19-18-10-15(6-8-20(18)27-24(19)31)22(29)14-3-2-4-16(9-14)23(25)30/h2-12,26,28H,1H3,(H2,25,30)(H,27,31)/b19-12-. The second kappa shape index (κ2) is 7.79. The summed E-state index contributed by atoms with van der Waals surface area (Å²) in [6, 6.07) is 16.2. The second-order valence-corrected chi connectivity index (χ2v) is 7.19. The predicted molar refractivity (Wildman–Crippen MR) is 118 cm³/mol. The highest BCUT2D eigenvalue weighted by atomic mass is 16.3.